The van der Waals surface area contributed by atoms with Crippen LogP contribution in [0.3, 0.4) is 0 Å². The first-order valence-electron chi connectivity index (χ1n) is 8.01. The molecule has 3 rings (SSSR count). The molecule has 1 aromatic carbocycles. The van der Waals surface area contributed by atoms with Gasteiger partial charge in [-0.25, -0.2) is 14.4 Å². The van der Waals surface area contributed by atoms with Gasteiger partial charge < -0.3 is 4.90 Å². The predicted octanol–water partition coefficient (Wildman–Crippen LogP) is 3.39. The van der Waals surface area contributed by atoms with Crippen molar-refractivity contribution in [3.8, 4) is 0 Å². The zero-order valence-electron chi connectivity index (χ0n) is 13.7. The van der Waals surface area contributed by atoms with E-state index in [1.807, 2.05) is 18.9 Å². The number of likely N-dealkylation sites (N-methyl/N-ethyl adjacent to an activating group) is 1. The predicted molar refractivity (Wildman–Crippen MR) is 92.0 cm³/mol. The Labute approximate surface area is 145 Å². The van der Waals surface area contributed by atoms with Crippen LogP contribution in [0.5, 0.6) is 0 Å². The number of anilines is 1. The molecule has 0 N–H and O–H groups in total. The summed E-state index contributed by atoms with van der Waals surface area (Å²) in [7, 11) is 1.84. The summed E-state index contributed by atoms with van der Waals surface area (Å²) in [6.45, 7) is 1.83. The Bertz CT molecular complexity index is 781. The van der Waals surface area contributed by atoms with E-state index >= 15 is 0 Å². The number of hydrogen-bond acceptors (Lipinski definition) is 4. The third-order valence-electron chi connectivity index (χ3n) is 4.53. The van der Waals surface area contributed by atoms with E-state index in [1.165, 1.54) is 12.1 Å². The normalized spacial score (nSPS) is 14.3. The van der Waals surface area contributed by atoms with Gasteiger partial charge in [-0.05, 0) is 55.5 Å². The molecule has 0 fully saturated rings. The van der Waals surface area contributed by atoms with Crippen molar-refractivity contribution < 1.29 is 9.18 Å². The maximum Gasteiger partial charge on any atom is 0.224 e. The SMILES string of the molecule is C[C@H](C(=O)Cc1cccc(F)c1)N(C)c1nc(Cl)nc2c1CCC2. The fourth-order valence-electron chi connectivity index (χ4n) is 3.07. The van der Waals surface area contributed by atoms with Crippen molar-refractivity contribution >= 4 is 23.2 Å². The molecule has 1 aliphatic carbocycles. The second-order valence-electron chi connectivity index (χ2n) is 6.15. The number of rotatable bonds is 5. The molecule has 0 radical (unpaired) electrons. The highest BCUT2D eigenvalue weighted by Crippen LogP contribution is 2.30. The van der Waals surface area contributed by atoms with E-state index in [9.17, 15) is 9.18 Å². The molecule has 24 heavy (non-hydrogen) atoms. The van der Waals surface area contributed by atoms with Crippen LogP contribution in [0.15, 0.2) is 24.3 Å². The summed E-state index contributed by atoms with van der Waals surface area (Å²) in [6, 6.07) is 5.75. The van der Waals surface area contributed by atoms with Gasteiger partial charge in [-0.2, -0.15) is 0 Å². The van der Waals surface area contributed by atoms with Crippen LogP contribution >= 0.6 is 11.6 Å². The number of aromatic nitrogens is 2. The molecule has 1 aliphatic rings. The highest BCUT2D eigenvalue weighted by molar-refractivity contribution is 6.28. The van der Waals surface area contributed by atoms with E-state index in [0.717, 1.165) is 36.3 Å². The molecular weight excluding hydrogens is 329 g/mol. The van der Waals surface area contributed by atoms with Crippen molar-refractivity contribution in [1.82, 2.24) is 9.97 Å². The number of carbonyl (C=O) groups is 1. The summed E-state index contributed by atoms with van der Waals surface area (Å²) in [5, 5.41) is 0.210. The number of fused-ring (bicyclic) bond motifs is 1. The number of carbonyl (C=O) groups excluding carboxylic acids is 1. The fraction of sp³-hybridized carbons (Fsp3) is 0.389. The first kappa shape index (κ1) is 16.8. The van der Waals surface area contributed by atoms with Crippen molar-refractivity contribution in [2.45, 2.75) is 38.6 Å². The van der Waals surface area contributed by atoms with E-state index in [0.29, 0.717) is 5.56 Å². The van der Waals surface area contributed by atoms with Gasteiger partial charge in [0, 0.05) is 19.0 Å². The molecule has 0 bridgehead atoms. The lowest BCUT2D eigenvalue weighted by Gasteiger charge is -2.27. The molecule has 0 spiro atoms. The molecule has 4 nitrogen and oxygen atoms in total. The number of benzene rings is 1. The Kier molecular flexibility index (Phi) is 4.81. The van der Waals surface area contributed by atoms with Gasteiger partial charge in [-0.3, -0.25) is 4.79 Å². The van der Waals surface area contributed by atoms with Gasteiger partial charge in [0.1, 0.15) is 11.6 Å². The quantitative estimate of drug-likeness (QED) is 0.778. The molecule has 0 saturated carbocycles. The minimum atomic E-state index is -0.385. The van der Waals surface area contributed by atoms with Crippen molar-refractivity contribution in [3.05, 3.63) is 52.2 Å². The Hall–Kier alpha value is -2.01. The second-order valence-corrected chi connectivity index (χ2v) is 6.49. The van der Waals surface area contributed by atoms with E-state index in [4.69, 9.17) is 11.6 Å². The van der Waals surface area contributed by atoms with Crippen LogP contribution in [0, 0.1) is 5.82 Å². The third-order valence-corrected chi connectivity index (χ3v) is 4.70. The first-order valence-corrected chi connectivity index (χ1v) is 8.39. The minimum absolute atomic E-state index is 0.00424. The van der Waals surface area contributed by atoms with Gasteiger partial charge in [-0.15, -0.1) is 0 Å². The molecule has 126 valence electrons. The minimum Gasteiger partial charge on any atom is -0.350 e. The van der Waals surface area contributed by atoms with Crippen LogP contribution in [0.4, 0.5) is 10.2 Å². The fourth-order valence-corrected chi connectivity index (χ4v) is 3.25. The maximum absolute atomic E-state index is 13.3. The smallest absolute Gasteiger partial charge is 0.224 e. The molecule has 1 atom stereocenters. The molecular formula is C18H19ClFN3O. The topological polar surface area (TPSA) is 46.1 Å². The first-order chi connectivity index (χ1) is 11.5. The molecule has 0 unspecified atom stereocenters. The molecule has 1 aromatic heterocycles. The standard InChI is InChI=1S/C18H19ClFN3O/c1-11(16(24)10-12-5-3-6-13(20)9-12)23(2)17-14-7-4-8-15(14)21-18(19)22-17/h3,5-6,9,11H,4,7-8,10H2,1-2H3/t11-/m1/s1. The number of ketones is 1. The lowest BCUT2D eigenvalue weighted by Crippen LogP contribution is -2.38. The second kappa shape index (κ2) is 6.85. The van der Waals surface area contributed by atoms with E-state index in [-0.39, 0.29) is 29.3 Å². The summed E-state index contributed by atoms with van der Waals surface area (Å²) in [4.78, 5) is 23.0. The average molecular weight is 348 g/mol. The van der Waals surface area contributed by atoms with Crippen molar-refractivity contribution in [3.63, 3.8) is 0 Å². The van der Waals surface area contributed by atoms with E-state index in [1.54, 1.807) is 12.1 Å². The molecule has 6 heteroatoms. The Morgan fingerprint density at radius 2 is 2.17 bits per heavy atom. The molecule has 2 aromatic rings. The van der Waals surface area contributed by atoms with Crippen LogP contribution in [-0.2, 0) is 24.1 Å². The number of aryl methyl sites for hydroxylation is 1. The Morgan fingerprint density at radius 1 is 1.38 bits per heavy atom. The van der Waals surface area contributed by atoms with Crippen LogP contribution in [0.1, 0.15) is 30.2 Å². The summed E-state index contributed by atoms with van der Waals surface area (Å²) in [5.74, 6) is 0.397. The zero-order valence-corrected chi connectivity index (χ0v) is 14.5. The van der Waals surface area contributed by atoms with Gasteiger partial charge in [0.2, 0.25) is 5.28 Å². The number of Topliss-reactive ketones (excluding diaryl/α,β-unsaturated/α-hetero) is 1. The summed E-state index contributed by atoms with van der Waals surface area (Å²) in [6.07, 6.45) is 3.00. The summed E-state index contributed by atoms with van der Waals surface area (Å²) >= 11 is 6.03. The molecule has 0 saturated heterocycles. The van der Waals surface area contributed by atoms with Crippen LogP contribution in [0.2, 0.25) is 5.28 Å². The molecule has 0 amide bonds. The zero-order chi connectivity index (χ0) is 17.3. The summed E-state index contributed by atoms with van der Waals surface area (Å²) < 4.78 is 13.3. The highest BCUT2D eigenvalue weighted by Gasteiger charge is 2.26. The van der Waals surface area contributed by atoms with Crippen molar-refractivity contribution in [2.75, 3.05) is 11.9 Å². The van der Waals surface area contributed by atoms with Crippen molar-refractivity contribution in [2.24, 2.45) is 0 Å². The van der Waals surface area contributed by atoms with Gasteiger partial charge in [-0.1, -0.05) is 12.1 Å². The van der Waals surface area contributed by atoms with Gasteiger partial charge in [0.25, 0.3) is 0 Å². The molecule has 0 aliphatic heterocycles. The number of halogens is 2. The van der Waals surface area contributed by atoms with Crippen LogP contribution in [0.25, 0.3) is 0 Å². The number of nitrogens with zero attached hydrogens (tertiary/aromatic N) is 3. The van der Waals surface area contributed by atoms with Gasteiger partial charge >= 0.3 is 0 Å². The Balaban J connectivity index is 1.80. The lowest BCUT2D eigenvalue weighted by atomic mass is 10.0. The number of hydrogen-bond donors (Lipinski definition) is 0. The van der Waals surface area contributed by atoms with E-state index < -0.39 is 0 Å². The largest absolute Gasteiger partial charge is 0.350 e. The third kappa shape index (κ3) is 3.41. The highest BCUT2D eigenvalue weighted by atomic mass is 35.5. The summed E-state index contributed by atoms with van der Waals surface area (Å²) in [5.41, 5.74) is 2.72. The monoisotopic (exact) mass is 347 g/mol. The van der Waals surface area contributed by atoms with Crippen molar-refractivity contribution in [1.29, 1.82) is 0 Å². The lowest BCUT2D eigenvalue weighted by molar-refractivity contribution is -0.119. The maximum atomic E-state index is 13.3. The van der Waals surface area contributed by atoms with Crippen LogP contribution in [-0.4, -0.2) is 28.8 Å². The Morgan fingerprint density at radius 3 is 2.92 bits per heavy atom. The molecule has 1 heterocycles. The van der Waals surface area contributed by atoms with Gasteiger partial charge in [0.15, 0.2) is 5.78 Å². The average Bonchev–Trinajstić information content (AvgIpc) is 3.00. The van der Waals surface area contributed by atoms with Gasteiger partial charge in [0.05, 0.1) is 11.7 Å². The van der Waals surface area contributed by atoms with Crippen LogP contribution < -0.4 is 4.90 Å². The van der Waals surface area contributed by atoms with E-state index in [2.05, 4.69) is 9.97 Å².